The highest BCUT2D eigenvalue weighted by molar-refractivity contribution is 5.76. The largest absolute Gasteiger partial charge is 0.377 e. The van der Waals surface area contributed by atoms with Gasteiger partial charge < -0.3 is 15.4 Å². The minimum Gasteiger partial charge on any atom is -0.377 e. The van der Waals surface area contributed by atoms with Crippen molar-refractivity contribution in [1.82, 2.24) is 10.6 Å². The number of rotatable bonds is 6. The molecule has 0 radical (unpaired) electrons. The molecule has 1 atom stereocenters. The quantitative estimate of drug-likeness (QED) is 0.758. The van der Waals surface area contributed by atoms with Gasteiger partial charge in [0.2, 0.25) is 5.91 Å². The van der Waals surface area contributed by atoms with Crippen molar-refractivity contribution in [2.24, 2.45) is 11.8 Å². The van der Waals surface area contributed by atoms with E-state index in [1.807, 2.05) is 13.8 Å². The van der Waals surface area contributed by atoms with Gasteiger partial charge in [-0.15, -0.1) is 0 Å². The molecule has 4 nitrogen and oxygen atoms in total. The Morgan fingerprint density at radius 1 is 1.44 bits per heavy atom. The monoisotopic (exact) mass is 256 g/mol. The van der Waals surface area contributed by atoms with Gasteiger partial charge >= 0.3 is 0 Å². The zero-order valence-corrected chi connectivity index (χ0v) is 12.2. The molecule has 1 heterocycles. The zero-order chi connectivity index (χ0) is 13.6. The summed E-state index contributed by atoms with van der Waals surface area (Å²) in [7, 11) is 1.67. The van der Waals surface area contributed by atoms with Gasteiger partial charge in [0.15, 0.2) is 0 Å². The van der Waals surface area contributed by atoms with Crippen LogP contribution in [0, 0.1) is 11.8 Å². The molecule has 0 aliphatic carbocycles. The second-order valence-electron chi connectivity index (χ2n) is 6.01. The molecular weight excluding hydrogens is 228 g/mol. The minimum atomic E-state index is -0.284. The fraction of sp³-hybridized carbons (Fsp3) is 0.929. The molecule has 0 saturated carbocycles. The molecule has 1 rings (SSSR count). The van der Waals surface area contributed by atoms with Crippen molar-refractivity contribution in [3.05, 3.63) is 0 Å². The van der Waals surface area contributed by atoms with E-state index in [-0.39, 0.29) is 11.5 Å². The molecule has 4 heteroatoms. The molecule has 0 bridgehead atoms. The average Bonchev–Trinajstić information content (AvgIpc) is 2.37. The van der Waals surface area contributed by atoms with E-state index in [0.29, 0.717) is 24.8 Å². The number of ether oxygens (including phenoxy) is 1. The molecule has 1 saturated heterocycles. The van der Waals surface area contributed by atoms with Crippen LogP contribution in [0.3, 0.4) is 0 Å². The molecule has 106 valence electrons. The van der Waals surface area contributed by atoms with E-state index < -0.39 is 0 Å². The van der Waals surface area contributed by atoms with Gasteiger partial charge in [0.25, 0.3) is 0 Å². The van der Waals surface area contributed by atoms with Crippen molar-refractivity contribution in [2.45, 2.75) is 45.6 Å². The fourth-order valence-corrected chi connectivity index (χ4v) is 2.33. The van der Waals surface area contributed by atoms with Crippen LogP contribution >= 0.6 is 0 Å². The predicted molar refractivity (Wildman–Crippen MR) is 73.5 cm³/mol. The van der Waals surface area contributed by atoms with Crippen molar-refractivity contribution in [2.75, 3.05) is 26.7 Å². The third kappa shape index (κ3) is 5.36. The summed E-state index contributed by atoms with van der Waals surface area (Å²) < 4.78 is 5.29. The lowest BCUT2D eigenvalue weighted by Crippen LogP contribution is -2.40. The molecule has 1 fully saturated rings. The number of carbonyl (C=O) groups excluding carboxylic acids is 1. The SMILES string of the molecule is COC(C)(C)CNC(=O)CC(C)C1CCNCC1. The number of amides is 1. The maximum absolute atomic E-state index is 11.9. The van der Waals surface area contributed by atoms with Crippen LogP contribution in [0.4, 0.5) is 0 Å². The van der Waals surface area contributed by atoms with Crippen molar-refractivity contribution >= 4 is 5.91 Å². The average molecular weight is 256 g/mol. The number of nitrogens with one attached hydrogen (secondary N) is 2. The molecule has 0 aromatic carbocycles. The normalized spacial score (nSPS) is 19.6. The lowest BCUT2D eigenvalue weighted by molar-refractivity contribution is -0.123. The van der Waals surface area contributed by atoms with Gasteiger partial charge in [-0.2, -0.15) is 0 Å². The third-order valence-corrected chi connectivity index (χ3v) is 3.96. The van der Waals surface area contributed by atoms with E-state index in [0.717, 1.165) is 13.1 Å². The lowest BCUT2D eigenvalue weighted by atomic mass is 9.84. The Balaban J connectivity index is 2.26. The standard InChI is InChI=1S/C14H28N2O2/c1-11(12-5-7-15-8-6-12)9-13(17)16-10-14(2,3)18-4/h11-12,15H,5-10H2,1-4H3,(H,16,17). The van der Waals surface area contributed by atoms with Crippen LogP contribution in [0.1, 0.15) is 40.0 Å². The van der Waals surface area contributed by atoms with Gasteiger partial charge in [-0.3, -0.25) is 4.79 Å². The lowest BCUT2D eigenvalue weighted by Gasteiger charge is -2.28. The maximum atomic E-state index is 11.9. The van der Waals surface area contributed by atoms with Crippen molar-refractivity contribution in [1.29, 1.82) is 0 Å². The first-order valence-corrected chi connectivity index (χ1v) is 6.97. The van der Waals surface area contributed by atoms with Gasteiger partial charge in [-0.25, -0.2) is 0 Å². The third-order valence-electron chi connectivity index (χ3n) is 3.96. The van der Waals surface area contributed by atoms with Crippen LogP contribution in [0.2, 0.25) is 0 Å². The van der Waals surface area contributed by atoms with Crippen LogP contribution < -0.4 is 10.6 Å². The maximum Gasteiger partial charge on any atom is 0.220 e. The summed E-state index contributed by atoms with van der Waals surface area (Å²) in [6, 6.07) is 0. The summed E-state index contributed by atoms with van der Waals surface area (Å²) in [5, 5.41) is 6.32. The first-order valence-electron chi connectivity index (χ1n) is 6.97. The number of carbonyl (C=O) groups is 1. The molecule has 1 aliphatic heterocycles. The first-order chi connectivity index (χ1) is 8.44. The molecule has 1 aliphatic rings. The van der Waals surface area contributed by atoms with Crippen molar-refractivity contribution < 1.29 is 9.53 Å². The van der Waals surface area contributed by atoms with Gasteiger partial charge in [-0.05, 0) is 51.6 Å². The second kappa shape index (κ2) is 7.10. The van der Waals surface area contributed by atoms with E-state index in [4.69, 9.17) is 4.74 Å². The second-order valence-corrected chi connectivity index (χ2v) is 6.01. The first kappa shape index (κ1) is 15.4. The molecule has 0 aromatic rings. The zero-order valence-electron chi connectivity index (χ0n) is 12.2. The predicted octanol–water partition coefficient (Wildman–Crippen LogP) is 1.55. The highest BCUT2D eigenvalue weighted by Crippen LogP contribution is 2.24. The molecular formula is C14H28N2O2. The van der Waals surface area contributed by atoms with E-state index in [9.17, 15) is 4.79 Å². The summed E-state index contributed by atoms with van der Waals surface area (Å²) in [4.78, 5) is 11.9. The highest BCUT2D eigenvalue weighted by Gasteiger charge is 2.23. The van der Waals surface area contributed by atoms with Crippen molar-refractivity contribution in [3.8, 4) is 0 Å². The van der Waals surface area contributed by atoms with Crippen LogP contribution in [0.25, 0.3) is 0 Å². The Bertz CT molecular complexity index is 261. The van der Waals surface area contributed by atoms with E-state index >= 15 is 0 Å². The fourth-order valence-electron chi connectivity index (χ4n) is 2.33. The topological polar surface area (TPSA) is 50.4 Å². The summed E-state index contributed by atoms with van der Waals surface area (Å²) in [6.45, 7) is 8.89. The Hall–Kier alpha value is -0.610. The highest BCUT2D eigenvalue weighted by atomic mass is 16.5. The summed E-state index contributed by atoms with van der Waals surface area (Å²) in [5.41, 5.74) is -0.284. The van der Waals surface area contributed by atoms with Gasteiger partial charge in [-0.1, -0.05) is 6.92 Å². The molecule has 1 unspecified atom stereocenters. The molecule has 0 spiro atoms. The van der Waals surface area contributed by atoms with Crippen LogP contribution in [-0.4, -0.2) is 38.3 Å². The number of methoxy groups -OCH3 is 1. The molecule has 1 amide bonds. The Morgan fingerprint density at radius 3 is 2.61 bits per heavy atom. The van der Waals surface area contributed by atoms with Gasteiger partial charge in [0.1, 0.15) is 0 Å². The van der Waals surface area contributed by atoms with Crippen molar-refractivity contribution in [3.63, 3.8) is 0 Å². The number of piperidine rings is 1. The minimum absolute atomic E-state index is 0.145. The van der Waals surface area contributed by atoms with Crippen LogP contribution in [0.15, 0.2) is 0 Å². The summed E-state index contributed by atoms with van der Waals surface area (Å²) in [5.74, 6) is 1.30. The molecule has 0 aromatic heterocycles. The van der Waals surface area contributed by atoms with Crippen LogP contribution in [-0.2, 0) is 9.53 Å². The van der Waals surface area contributed by atoms with Gasteiger partial charge in [0.05, 0.1) is 5.60 Å². The molecule has 18 heavy (non-hydrogen) atoms. The van der Waals surface area contributed by atoms with Gasteiger partial charge in [0, 0.05) is 20.1 Å². The summed E-state index contributed by atoms with van der Waals surface area (Å²) >= 11 is 0. The number of hydrogen-bond donors (Lipinski definition) is 2. The van der Waals surface area contributed by atoms with E-state index in [1.54, 1.807) is 7.11 Å². The Kier molecular flexibility index (Phi) is 6.09. The summed E-state index contributed by atoms with van der Waals surface area (Å²) in [6.07, 6.45) is 3.01. The Morgan fingerprint density at radius 2 is 2.06 bits per heavy atom. The van der Waals surface area contributed by atoms with E-state index in [1.165, 1.54) is 12.8 Å². The smallest absolute Gasteiger partial charge is 0.220 e. The number of hydrogen-bond acceptors (Lipinski definition) is 3. The molecule has 2 N–H and O–H groups in total. The van der Waals surface area contributed by atoms with Crippen LogP contribution in [0.5, 0.6) is 0 Å². The van der Waals surface area contributed by atoms with E-state index in [2.05, 4.69) is 17.6 Å². The Labute approximate surface area is 111 Å².